The zero-order chi connectivity index (χ0) is 30.0. The minimum atomic E-state index is -1.49. The van der Waals surface area contributed by atoms with Gasteiger partial charge in [-0.2, -0.15) is 0 Å². The highest BCUT2D eigenvalue weighted by Crippen LogP contribution is 2.36. The van der Waals surface area contributed by atoms with Crippen LogP contribution in [0.2, 0.25) is 5.02 Å². The van der Waals surface area contributed by atoms with Crippen LogP contribution in [0.5, 0.6) is 0 Å². The average Bonchev–Trinajstić information content (AvgIpc) is 2.96. The van der Waals surface area contributed by atoms with Crippen molar-refractivity contribution in [1.82, 2.24) is 10.3 Å². The number of morpholine rings is 1. The summed E-state index contributed by atoms with van der Waals surface area (Å²) in [7, 11) is 0. The molecule has 1 amide bonds. The van der Waals surface area contributed by atoms with E-state index in [0.717, 1.165) is 12.1 Å². The van der Waals surface area contributed by atoms with Crippen molar-refractivity contribution in [2.24, 2.45) is 0 Å². The summed E-state index contributed by atoms with van der Waals surface area (Å²) in [5.74, 6) is -4.73. The molecule has 0 aliphatic carbocycles. The van der Waals surface area contributed by atoms with Crippen LogP contribution in [0, 0.1) is 18.2 Å². The molecule has 0 saturated carbocycles. The number of ether oxygens (including phenoxy) is 1. The first-order chi connectivity index (χ1) is 20.2. The van der Waals surface area contributed by atoms with Gasteiger partial charge in [-0.25, -0.2) is 18.4 Å². The van der Waals surface area contributed by atoms with Gasteiger partial charge in [0, 0.05) is 47.4 Å². The second-order valence-electron chi connectivity index (χ2n) is 9.93. The number of hydrogen-bond acceptors (Lipinski definition) is 5. The summed E-state index contributed by atoms with van der Waals surface area (Å²) in [6.07, 6.45) is 1.29. The van der Waals surface area contributed by atoms with Crippen molar-refractivity contribution < 1.29 is 28.2 Å². The number of carbonyl (C=O) groups excluding carboxylic acids is 1. The number of halogens is 3. The van der Waals surface area contributed by atoms with Crippen LogP contribution in [-0.4, -0.2) is 53.8 Å². The first kappa shape index (κ1) is 28.9. The van der Waals surface area contributed by atoms with Gasteiger partial charge in [0.25, 0.3) is 5.91 Å². The smallest absolute Gasteiger partial charge is 0.326 e. The molecule has 5 rings (SSSR count). The molecule has 2 N–H and O–H groups in total. The third-order valence-electron chi connectivity index (χ3n) is 7.12. The maximum absolute atomic E-state index is 15.0. The highest BCUT2D eigenvalue weighted by atomic mass is 35.5. The van der Waals surface area contributed by atoms with Crippen molar-refractivity contribution in [2.75, 3.05) is 24.6 Å². The number of carboxylic acid groups (broad SMARTS) is 1. The number of hydrogen-bond donors (Lipinski definition) is 2. The van der Waals surface area contributed by atoms with Crippen LogP contribution < -0.4 is 10.2 Å². The average molecular weight is 591 g/mol. The summed E-state index contributed by atoms with van der Waals surface area (Å²) in [6, 6.07) is 12.4. The fraction of sp³-hybridized carbons (Fsp3) is 0.226. The Labute approximate surface area is 245 Å². The van der Waals surface area contributed by atoms with Gasteiger partial charge in [-0.1, -0.05) is 41.9 Å². The Morgan fingerprint density at radius 3 is 2.60 bits per heavy atom. The molecule has 2 heterocycles. The molecule has 8 nitrogen and oxygen atoms in total. The molecule has 11 heteroatoms. The Balaban J connectivity index is 1.42. The molecule has 1 aromatic heterocycles. The molecule has 214 valence electrons. The number of amides is 1. The lowest BCUT2D eigenvalue weighted by atomic mass is 9.95. The van der Waals surface area contributed by atoms with E-state index in [2.05, 4.69) is 15.1 Å². The van der Waals surface area contributed by atoms with Gasteiger partial charge in [0.15, 0.2) is 5.69 Å². The summed E-state index contributed by atoms with van der Waals surface area (Å²) in [6.45, 7) is 10.3. The molecule has 0 spiro atoms. The molecule has 4 aromatic rings. The van der Waals surface area contributed by atoms with Crippen molar-refractivity contribution >= 4 is 45.8 Å². The lowest BCUT2D eigenvalue weighted by Crippen LogP contribution is -2.43. The molecule has 42 heavy (non-hydrogen) atoms. The molecule has 0 unspecified atom stereocenters. The van der Waals surface area contributed by atoms with Crippen molar-refractivity contribution in [1.29, 1.82) is 0 Å². The molecule has 3 aromatic carbocycles. The number of aromatic nitrogens is 1. The number of aliphatic carboxylic acids is 1. The van der Waals surface area contributed by atoms with Crippen LogP contribution in [0.15, 0.2) is 60.8 Å². The van der Waals surface area contributed by atoms with Gasteiger partial charge in [-0.05, 0) is 42.3 Å². The summed E-state index contributed by atoms with van der Waals surface area (Å²) < 4.78 is 35.6. The lowest BCUT2D eigenvalue weighted by Gasteiger charge is -2.33. The molecule has 1 fully saturated rings. The predicted octanol–water partition coefficient (Wildman–Crippen LogP) is 6.03. The van der Waals surface area contributed by atoms with Gasteiger partial charge in [0.05, 0.1) is 24.8 Å². The molecule has 1 saturated heterocycles. The molecule has 1 aliphatic rings. The Kier molecular flexibility index (Phi) is 8.34. The summed E-state index contributed by atoms with van der Waals surface area (Å²) in [5.41, 5.74) is 2.19. The van der Waals surface area contributed by atoms with E-state index in [4.69, 9.17) is 22.9 Å². The first-order valence-electron chi connectivity index (χ1n) is 13.1. The van der Waals surface area contributed by atoms with Crippen molar-refractivity contribution in [3.63, 3.8) is 0 Å². The summed E-state index contributed by atoms with van der Waals surface area (Å²) in [4.78, 5) is 34.8. The van der Waals surface area contributed by atoms with Crippen LogP contribution in [0.1, 0.15) is 22.8 Å². The van der Waals surface area contributed by atoms with Gasteiger partial charge in [0.1, 0.15) is 23.2 Å². The fourth-order valence-electron chi connectivity index (χ4n) is 5.08. The summed E-state index contributed by atoms with van der Waals surface area (Å²) in [5, 5.41) is 13.2. The Morgan fingerprint density at radius 2 is 1.93 bits per heavy atom. The normalized spacial score (nSPS) is 15.7. The number of fused-ring (bicyclic) bond motifs is 1. The Hall–Kier alpha value is -4.59. The van der Waals surface area contributed by atoms with E-state index in [-0.39, 0.29) is 18.2 Å². The van der Waals surface area contributed by atoms with E-state index in [0.29, 0.717) is 58.0 Å². The number of rotatable bonds is 7. The number of carboxylic acids is 1. The van der Waals surface area contributed by atoms with Crippen molar-refractivity contribution in [3.05, 3.63) is 100.0 Å². The topological polar surface area (TPSA) is 96.1 Å². The van der Waals surface area contributed by atoms with E-state index in [9.17, 15) is 14.7 Å². The van der Waals surface area contributed by atoms with E-state index in [1.807, 2.05) is 6.92 Å². The van der Waals surface area contributed by atoms with Gasteiger partial charge in [-0.15, -0.1) is 0 Å². The van der Waals surface area contributed by atoms with Gasteiger partial charge >= 0.3 is 5.97 Å². The zero-order valence-corrected chi connectivity index (χ0v) is 23.2. The largest absolute Gasteiger partial charge is 0.480 e. The quantitative estimate of drug-likeness (QED) is 0.255. The van der Waals surface area contributed by atoms with Crippen LogP contribution in [0.4, 0.5) is 20.2 Å². The highest BCUT2D eigenvalue weighted by molar-refractivity contribution is 6.34. The summed E-state index contributed by atoms with van der Waals surface area (Å²) >= 11 is 6.44. The van der Waals surface area contributed by atoms with E-state index in [1.165, 1.54) is 0 Å². The molecular weight excluding hydrogens is 566 g/mol. The molecule has 0 radical (unpaired) electrons. The molecule has 0 bridgehead atoms. The first-order valence-corrected chi connectivity index (χ1v) is 13.5. The number of benzene rings is 3. The SMILES string of the molecule is [C-]#[N+]c1ccc(-c2ccc(C[C@H](NC(=O)c3c(F)cc(N4CCO[C@@H](C)C4)cc3F)C(=O)O)c3cccnc23)c(Cl)c1. The highest BCUT2D eigenvalue weighted by Gasteiger charge is 2.28. The minimum Gasteiger partial charge on any atom is -0.480 e. The van der Waals surface area contributed by atoms with Crippen molar-refractivity contribution in [3.8, 4) is 11.1 Å². The van der Waals surface area contributed by atoms with Crippen LogP contribution >= 0.6 is 11.6 Å². The van der Waals surface area contributed by atoms with Crippen LogP contribution in [-0.2, 0) is 16.0 Å². The number of nitrogens with zero attached hydrogens (tertiary/aromatic N) is 3. The number of pyridine rings is 1. The number of anilines is 1. The predicted molar refractivity (Wildman–Crippen MR) is 155 cm³/mol. The fourth-order valence-corrected chi connectivity index (χ4v) is 5.36. The molecular formula is C31H25ClF2N4O4. The van der Waals surface area contributed by atoms with Crippen LogP contribution in [0.25, 0.3) is 26.9 Å². The van der Waals surface area contributed by atoms with E-state index in [1.54, 1.807) is 53.6 Å². The lowest BCUT2D eigenvalue weighted by molar-refractivity contribution is -0.139. The maximum Gasteiger partial charge on any atom is 0.326 e. The molecule has 1 aliphatic heterocycles. The van der Waals surface area contributed by atoms with E-state index >= 15 is 8.78 Å². The minimum absolute atomic E-state index is 0.119. The van der Waals surface area contributed by atoms with E-state index < -0.39 is 35.1 Å². The number of nitrogens with one attached hydrogen (secondary N) is 1. The second-order valence-corrected chi connectivity index (χ2v) is 10.3. The molecule has 2 atom stereocenters. The number of carbonyl (C=O) groups is 2. The third kappa shape index (κ3) is 5.88. The van der Waals surface area contributed by atoms with Crippen molar-refractivity contribution in [2.45, 2.75) is 25.5 Å². The van der Waals surface area contributed by atoms with Gasteiger partial charge < -0.3 is 20.1 Å². The second kappa shape index (κ2) is 12.1. The van der Waals surface area contributed by atoms with Gasteiger partial charge in [-0.3, -0.25) is 9.78 Å². The Morgan fingerprint density at radius 1 is 1.19 bits per heavy atom. The zero-order valence-electron chi connectivity index (χ0n) is 22.4. The monoisotopic (exact) mass is 590 g/mol. The maximum atomic E-state index is 15.0. The van der Waals surface area contributed by atoms with Gasteiger partial charge in [0.2, 0.25) is 0 Å². The van der Waals surface area contributed by atoms with Crippen LogP contribution in [0.3, 0.4) is 0 Å². The third-order valence-corrected chi connectivity index (χ3v) is 7.43. The standard InChI is InChI=1S/C31H25ClF2N4O4/c1-17-16-38(10-11-42-17)20-14-25(33)28(26(34)15-20)30(39)37-27(31(40)41)12-18-5-7-23(29-21(18)4-3-9-36-29)22-8-6-19(35-2)13-24(22)32/h3-9,13-15,17,27H,10-12,16H2,1H3,(H,37,39)(H,40,41)/t17-,27-/m0/s1. The Bertz CT molecular complexity index is 1720.